The number of nitrogens with zero attached hydrogens (tertiary/aromatic N) is 2. The number of aryl methyl sites for hydroxylation is 1. The Kier molecular flexibility index (Phi) is 3.44. The molecule has 2 aromatic carbocycles. The number of carbonyl (C=O) groups is 1. The van der Waals surface area contributed by atoms with Gasteiger partial charge in [-0.15, -0.1) is 0 Å². The summed E-state index contributed by atoms with van der Waals surface area (Å²) < 4.78 is 5.20. The molecule has 3 aromatic rings. The molecule has 1 heterocycles. The first-order valence-corrected chi connectivity index (χ1v) is 6.91. The minimum atomic E-state index is -0.0343. The summed E-state index contributed by atoms with van der Waals surface area (Å²) in [4.78, 5) is 18.6. The zero-order chi connectivity index (χ0) is 14.8. The molecule has 1 aromatic heterocycles. The molecule has 1 amide bonds. The molecule has 21 heavy (non-hydrogen) atoms. The number of rotatable bonds is 3. The topological polar surface area (TPSA) is 46.3 Å². The number of anilines is 1. The molecule has 0 aliphatic carbocycles. The van der Waals surface area contributed by atoms with Crippen molar-refractivity contribution in [3.8, 4) is 0 Å². The van der Waals surface area contributed by atoms with Crippen molar-refractivity contribution in [2.45, 2.75) is 13.8 Å². The molecular weight excluding hydrogens is 264 g/mol. The van der Waals surface area contributed by atoms with Crippen molar-refractivity contribution in [1.29, 1.82) is 0 Å². The average Bonchev–Trinajstić information content (AvgIpc) is 2.95. The van der Waals surface area contributed by atoms with Gasteiger partial charge in [0.15, 0.2) is 12.0 Å². The lowest BCUT2D eigenvalue weighted by Crippen LogP contribution is -2.30. The van der Waals surface area contributed by atoms with Crippen LogP contribution in [-0.2, 0) is 0 Å². The highest BCUT2D eigenvalue weighted by atomic mass is 16.3. The molecule has 0 bridgehead atoms. The second-order valence-electron chi connectivity index (χ2n) is 4.92. The van der Waals surface area contributed by atoms with E-state index < -0.39 is 0 Å². The summed E-state index contributed by atoms with van der Waals surface area (Å²) in [5.41, 5.74) is 4.03. The smallest absolute Gasteiger partial charge is 0.258 e. The van der Waals surface area contributed by atoms with Crippen molar-refractivity contribution < 1.29 is 9.21 Å². The Morgan fingerprint density at radius 3 is 2.86 bits per heavy atom. The van der Waals surface area contributed by atoms with Crippen LogP contribution in [0.1, 0.15) is 22.8 Å². The normalized spacial score (nSPS) is 10.8. The molecule has 0 spiro atoms. The Hall–Kier alpha value is -2.62. The Labute approximate surface area is 123 Å². The number of benzene rings is 2. The molecule has 0 atom stereocenters. The molecule has 0 aliphatic heterocycles. The Morgan fingerprint density at radius 1 is 1.24 bits per heavy atom. The number of aromatic nitrogens is 1. The van der Waals surface area contributed by atoms with Crippen LogP contribution in [0, 0.1) is 6.92 Å². The third-order valence-electron chi connectivity index (χ3n) is 3.45. The molecule has 0 fully saturated rings. The van der Waals surface area contributed by atoms with Crippen LogP contribution >= 0.6 is 0 Å². The van der Waals surface area contributed by atoms with E-state index >= 15 is 0 Å². The van der Waals surface area contributed by atoms with E-state index in [1.165, 1.54) is 6.39 Å². The lowest BCUT2D eigenvalue weighted by Gasteiger charge is -2.21. The molecule has 0 radical (unpaired) electrons. The van der Waals surface area contributed by atoms with Crippen LogP contribution in [0.2, 0.25) is 0 Å². The zero-order valence-corrected chi connectivity index (χ0v) is 12.0. The van der Waals surface area contributed by atoms with Gasteiger partial charge in [0.1, 0.15) is 5.52 Å². The Bertz CT molecular complexity index is 792. The zero-order valence-electron chi connectivity index (χ0n) is 12.0. The minimum Gasteiger partial charge on any atom is -0.443 e. The summed E-state index contributed by atoms with van der Waals surface area (Å²) in [6, 6.07) is 13.2. The lowest BCUT2D eigenvalue weighted by atomic mass is 10.1. The molecule has 3 rings (SSSR count). The van der Waals surface area contributed by atoms with Crippen molar-refractivity contribution in [2.75, 3.05) is 11.4 Å². The van der Waals surface area contributed by atoms with Gasteiger partial charge >= 0.3 is 0 Å². The standard InChI is InChI=1S/C17H16N2O2/c1-3-19(14-6-4-5-12(2)9-14)17(20)13-7-8-16-15(10-13)18-11-21-16/h4-11H,3H2,1-2H3. The predicted molar refractivity (Wildman–Crippen MR) is 82.5 cm³/mol. The number of amides is 1. The fourth-order valence-corrected chi connectivity index (χ4v) is 2.39. The average molecular weight is 280 g/mol. The largest absolute Gasteiger partial charge is 0.443 e. The van der Waals surface area contributed by atoms with E-state index in [0.717, 1.165) is 11.3 Å². The maximum Gasteiger partial charge on any atom is 0.258 e. The summed E-state index contributed by atoms with van der Waals surface area (Å²) in [5.74, 6) is -0.0343. The fourth-order valence-electron chi connectivity index (χ4n) is 2.39. The molecular formula is C17H16N2O2. The van der Waals surface area contributed by atoms with Gasteiger partial charge in [-0.05, 0) is 49.7 Å². The highest BCUT2D eigenvalue weighted by Crippen LogP contribution is 2.20. The van der Waals surface area contributed by atoms with Crippen molar-refractivity contribution >= 4 is 22.7 Å². The van der Waals surface area contributed by atoms with Gasteiger partial charge in [-0.25, -0.2) is 4.98 Å². The number of carbonyl (C=O) groups excluding carboxylic acids is 1. The van der Waals surface area contributed by atoms with Crippen molar-refractivity contribution in [2.24, 2.45) is 0 Å². The maximum atomic E-state index is 12.7. The van der Waals surface area contributed by atoms with Crippen LogP contribution in [0.15, 0.2) is 53.3 Å². The molecule has 106 valence electrons. The van der Waals surface area contributed by atoms with Crippen molar-refractivity contribution in [3.05, 3.63) is 60.0 Å². The number of oxazole rings is 1. The monoisotopic (exact) mass is 280 g/mol. The van der Waals surface area contributed by atoms with E-state index in [2.05, 4.69) is 4.98 Å². The summed E-state index contributed by atoms with van der Waals surface area (Å²) >= 11 is 0. The third kappa shape index (κ3) is 2.52. The first-order chi connectivity index (χ1) is 10.2. The van der Waals surface area contributed by atoms with Gasteiger partial charge in [0.05, 0.1) is 0 Å². The number of hydrogen-bond donors (Lipinski definition) is 0. The van der Waals surface area contributed by atoms with Crippen molar-refractivity contribution in [1.82, 2.24) is 4.98 Å². The summed E-state index contributed by atoms with van der Waals surface area (Å²) in [6.45, 7) is 4.59. The molecule has 0 unspecified atom stereocenters. The maximum absolute atomic E-state index is 12.7. The highest BCUT2D eigenvalue weighted by Gasteiger charge is 2.17. The summed E-state index contributed by atoms with van der Waals surface area (Å²) in [6.07, 6.45) is 1.39. The van der Waals surface area contributed by atoms with E-state index in [0.29, 0.717) is 23.2 Å². The van der Waals surface area contributed by atoms with E-state index in [-0.39, 0.29) is 5.91 Å². The predicted octanol–water partition coefficient (Wildman–Crippen LogP) is 3.80. The quantitative estimate of drug-likeness (QED) is 0.733. The Balaban J connectivity index is 1.98. The van der Waals surface area contributed by atoms with E-state index in [1.807, 2.05) is 38.1 Å². The molecule has 0 aliphatic rings. The van der Waals surface area contributed by atoms with Crippen LogP contribution in [0.3, 0.4) is 0 Å². The van der Waals surface area contributed by atoms with E-state index in [4.69, 9.17) is 4.42 Å². The van der Waals surface area contributed by atoms with E-state index in [9.17, 15) is 4.79 Å². The minimum absolute atomic E-state index is 0.0343. The first-order valence-electron chi connectivity index (χ1n) is 6.91. The van der Waals surface area contributed by atoms with Gasteiger partial charge < -0.3 is 9.32 Å². The van der Waals surface area contributed by atoms with Gasteiger partial charge in [-0.2, -0.15) is 0 Å². The van der Waals surface area contributed by atoms with Crippen LogP contribution in [-0.4, -0.2) is 17.4 Å². The summed E-state index contributed by atoms with van der Waals surface area (Å²) in [5, 5.41) is 0. The van der Waals surface area contributed by atoms with Crippen LogP contribution in [0.5, 0.6) is 0 Å². The Morgan fingerprint density at radius 2 is 2.10 bits per heavy atom. The number of fused-ring (bicyclic) bond motifs is 1. The third-order valence-corrected chi connectivity index (χ3v) is 3.45. The van der Waals surface area contributed by atoms with Crippen LogP contribution in [0.4, 0.5) is 5.69 Å². The lowest BCUT2D eigenvalue weighted by molar-refractivity contribution is 0.0988. The van der Waals surface area contributed by atoms with Gasteiger partial charge in [0.25, 0.3) is 5.91 Å². The SMILES string of the molecule is CCN(C(=O)c1ccc2ocnc2c1)c1cccc(C)c1. The first kappa shape index (κ1) is 13.4. The second kappa shape index (κ2) is 5.40. The van der Waals surface area contributed by atoms with Gasteiger partial charge in [-0.3, -0.25) is 4.79 Å². The fraction of sp³-hybridized carbons (Fsp3) is 0.176. The molecule has 4 nitrogen and oxygen atoms in total. The van der Waals surface area contributed by atoms with Gasteiger partial charge in [0.2, 0.25) is 0 Å². The van der Waals surface area contributed by atoms with Gasteiger partial charge in [-0.1, -0.05) is 12.1 Å². The molecule has 0 saturated carbocycles. The van der Waals surface area contributed by atoms with Crippen LogP contribution in [0.25, 0.3) is 11.1 Å². The van der Waals surface area contributed by atoms with E-state index in [1.54, 1.807) is 23.1 Å². The second-order valence-corrected chi connectivity index (χ2v) is 4.92. The molecule has 0 N–H and O–H groups in total. The van der Waals surface area contributed by atoms with Gasteiger partial charge in [0, 0.05) is 17.8 Å². The van der Waals surface area contributed by atoms with Crippen molar-refractivity contribution in [3.63, 3.8) is 0 Å². The summed E-state index contributed by atoms with van der Waals surface area (Å²) in [7, 11) is 0. The molecule has 4 heteroatoms. The number of hydrogen-bond acceptors (Lipinski definition) is 3. The van der Waals surface area contributed by atoms with Crippen LogP contribution < -0.4 is 4.90 Å². The highest BCUT2D eigenvalue weighted by molar-refractivity contribution is 6.07. The molecule has 0 saturated heterocycles.